The minimum atomic E-state index is -4.54. The van der Waals surface area contributed by atoms with Crippen LogP contribution in [-0.4, -0.2) is 12.0 Å². The van der Waals surface area contributed by atoms with Crippen molar-refractivity contribution in [3.05, 3.63) is 59.2 Å². The van der Waals surface area contributed by atoms with Crippen LogP contribution in [0.2, 0.25) is 0 Å². The summed E-state index contributed by atoms with van der Waals surface area (Å²) in [6.07, 6.45) is -5.48. The lowest BCUT2D eigenvalue weighted by Crippen LogP contribution is -2.31. The third-order valence-corrected chi connectivity index (χ3v) is 3.37. The van der Waals surface area contributed by atoms with Gasteiger partial charge in [-0.25, -0.2) is 0 Å². The van der Waals surface area contributed by atoms with Gasteiger partial charge >= 0.3 is 6.18 Å². The molecule has 0 aromatic heterocycles. The number of halogens is 3. The molecule has 1 N–H and O–H groups in total. The molecule has 6 heteroatoms. The fourth-order valence-corrected chi connectivity index (χ4v) is 2.33. The van der Waals surface area contributed by atoms with E-state index in [4.69, 9.17) is 4.74 Å². The predicted octanol–water partition coefficient (Wildman–Crippen LogP) is 4.73. The van der Waals surface area contributed by atoms with Gasteiger partial charge in [-0.05, 0) is 56.2 Å². The van der Waals surface area contributed by atoms with Gasteiger partial charge in [-0.15, -0.1) is 0 Å². The van der Waals surface area contributed by atoms with Crippen molar-refractivity contribution in [1.82, 2.24) is 0 Å². The molecular formula is C18H18F3NO2. The fourth-order valence-electron chi connectivity index (χ4n) is 2.33. The van der Waals surface area contributed by atoms with Gasteiger partial charge in [0.2, 0.25) is 0 Å². The zero-order valence-corrected chi connectivity index (χ0v) is 13.6. The van der Waals surface area contributed by atoms with Crippen LogP contribution in [0, 0.1) is 13.8 Å². The molecule has 0 fully saturated rings. The highest BCUT2D eigenvalue weighted by Gasteiger charge is 2.34. The van der Waals surface area contributed by atoms with E-state index in [1.54, 1.807) is 12.1 Å². The van der Waals surface area contributed by atoms with Crippen LogP contribution in [0.1, 0.15) is 23.6 Å². The minimum absolute atomic E-state index is 0.286. The van der Waals surface area contributed by atoms with Crippen LogP contribution in [0.25, 0.3) is 0 Å². The van der Waals surface area contributed by atoms with E-state index in [0.29, 0.717) is 5.75 Å². The summed E-state index contributed by atoms with van der Waals surface area (Å²) in [4.78, 5) is 12.2. The summed E-state index contributed by atoms with van der Waals surface area (Å²) in [6, 6.07) is 10.3. The number of para-hydroxylation sites is 1. The lowest BCUT2D eigenvalue weighted by Gasteiger charge is -2.18. The second-order valence-corrected chi connectivity index (χ2v) is 5.62. The number of amides is 1. The Bertz CT molecular complexity index is 721. The van der Waals surface area contributed by atoms with E-state index < -0.39 is 23.8 Å². The first kappa shape index (κ1) is 17.8. The Kier molecular flexibility index (Phi) is 5.17. The Balaban J connectivity index is 2.12. The summed E-state index contributed by atoms with van der Waals surface area (Å²) in [5.74, 6) is -0.148. The number of nitrogens with one attached hydrogen (secondary N) is 1. The average molecular weight is 337 g/mol. The third-order valence-electron chi connectivity index (χ3n) is 3.37. The van der Waals surface area contributed by atoms with Crippen LogP contribution in [0.5, 0.6) is 5.75 Å². The smallest absolute Gasteiger partial charge is 0.418 e. The molecule has 2 aromatic carbocycles. The highest BCUT2D eigenvalue weighted by molar-refractivity contribution is 5.94. The van der Waals surface area contributed by atoms with Gasteiger partial charge < -0.3 is 10.1 Å². The van der Waals surface area contributed by atoms with Crippen LogP contribution in [0.15, 0.2) is 42.5 Å². The van der Waals surface area contributed by atoms with Crippen LogP contribution < -0.4 is 10.1 Å². The van der Waals surface area contributed by atoms with Crippen molar-refractivity contribution < 1.29 is 22.7 Å². The van der Waals surface area contributed by atoms with Gasteiger partial charge in [0.25, 0.3) is 5.91 Å². The number of hydrogen-bond acceptors (Lipinski definition) is 2. The van der Waals surface area contributed by atoms with E-state index in [1.165, 1.54) is 25.1 Å². The van der Waals surface area contributed by atoms with E-state index in [1.807, 2.05) is 19.9 Å². The van der Waals surface area contributed by atoms with Gasteiger partial charge in [0.05, 0.1) is 11.3 Å². The maximum absolute atomic E-state index is 13.0. The average Bonchev–Trinajstić information content (AvgIpc) is 2.45. The number of benzene rings is 2. The fraction of sp³-hybridized carbons (Fsp3) is 0.278. The summed E-state index contributed by atoms with van der Waals surface area (Å²) >= 11 is 0. The number of ether oxygens (including phenoxy) is 1. The Hall–Kier alpha value is -2.50. The molecule has 0 heterocycles. The van der Waals surface area contributed by atoms with Crippen LogP contribution in [0.4, 0.5) is 18.9 Å². The monoisotopic (exact) mass is 337 g/mol. The molecule has 0 saturated carbocycles. The number of alkyl halides is 3. The molecule has 0 radical (unpaired) electrons. The highest BCUT2D eigenvalue weighted by atomic mass is 19.4. The first-order valence-corrected chi connectivity index (χ1v) is 7.39. The quantitative estimate of drug-likeness (QED) is 0.876. The Morgan fingerprint density at radius 2 is 1.67 bits per heavy atom. The van der Waals surface area contributed by atoms with Gasteiger partial charge in [0.15, 0.2) is 6.10 Å². The van der Waals surface area contributed by atoms with Crippen LogP contribution >= 0.6 is 0 Å². The summed E-state index contributed by atoms with van der Waals surface area (Å²) in [6.45, 7) is 5.28. The predicted molar refractivity (Wildman–Crippen MR) is 86.1 cm³/mol. The van der Waals surface area contributed by atoms with Gasteiger partial charge in [-0.3, -0.25) is 4.79 Å². The molecule has 128 valence electrons. The van der Waals surface area contributed by atoms with Crippen LogP contribution in [-0.2, 0) is 11.0 Å². The van der Waals surface area contributed by atoms with Crippen molar-refractivity contribution in [3.63, 3.8) is 0 Å². The highest BCUT2D eigenvalue weighted by Crippen LogP contribution is 2.34. The lowest BCUT2D eigenvalue weighted by atomic mass is 10.1. The molecule has 0 aliphatic rings. The number of carbonyl (C=O) groups is 1. The normalized spacial score (nSPS) is 12.6. The first-order chi connectivity index (χ1) is 11.2. The Morgan fingerprint density at radius 3 is 2.25 bits per heavy atom. The molecule has 0 spiro atoms. The molecular weight excluding hydrogens is 319 g/mol. The Morgan fingerprint density at radius 1 is 1.08 bits per heavy atom. The van der Waals surface area contributed by atoms with Crippen molar-refractivity contribution in [2.75, 3.05) is 5.32 Å². The zero-order valence-electron chi connectivity index (χ0n) is 13.6. The van der Waals surface area contributed by atoms with Gasteiger partial charge in [0, 0.05) is 0 Å². The van der Waals surface area contributed by atoms with E-state index in [-0.39, 0.29) is 5.69 Å². The zero-order chi connectivity index (χ0) is 17.9. The van der Waals surface area contributed by atoms with Gasteiger partial charge in [0.1, 0.15) is 5.75 Å². The molecule has 0 saturated heterocycles. The molecule has 0 unspecified atom stereocenters. The van der Waals surface area contributed by atoms with E-state index in [0.717, 1.165) is 17.2 Å². The topological polar surface area (TPSA) is 38.3 Å². The second kappa shape index (κ2) is 6.95. The number of anilines is 1. The molecule has 2 rings (SSSR count). The van der Waals surface area contributed by atoms with E-state index in [2.05, 4.69) is 5.32 Å². The summed E-state index contributed by atoms with van der Waals surface area (Å²) < 4.78 is 44.4. The maximum Gasteiger partial charge on any atom is 0.418 e. The van der Waals surface area contributed by atoms with E-state index in [9.17, 15) is 18.0 Å². The number of carbonyl (C=O) groups excluding carboxylic acids is 1. The number of aryl methyl sites for hydroxylation is 2. The van der Waals surface area contributed by atoms with Gasteiger partial charge in [-0.1, -0.05) is 18.2 Å². The Labute approximate surface area is 138 Å². The summed E-state index contributed by atoms with van der Waals surface area (Å²) in [5.41, 5.74) is 0.767. The third kappa shape index (κ3) is 4.50. The summed E-state index contributed by atoms with van der Waals surface area (Å²) in [5, 5.41) is 2.28. The maximum atomic E-state index is 13.0. The lowest BCUT2D eigenvalue weighted by molar-refractivity contribution is -0.137. The van der Waals surface area contributed by atoms with Crippen molar-refractivity contribution in [1.29, 1.82) is 0 Å². The molecule has 2 aromatic rings. The second-order valence-electron chi connectivity index (χ2n) is 5.62. The van der Waals surface area contributed by atoms with Gasteiger partial charge in [-0.2, -0.15) is 13.2 Å². The SMILES string of the molecule is Cc1cc(C)cc(O[C@@H](C)C(=O)Nc2ccccc2C(F)(F)F)c1. The summed E-state index contributed by atoms with van der Waals surface area (Å²) in [7, 11) is 0. The van der Waals surface area contributed by atoms with Crippen molar-refractivity contribution >= 4 is 11.6 Å². The standard InChI is InChI=1S/C18H18F3NO2/c1-11-8-12(2)10-14(9-11)24-13(3)17(23)22-16-7-5-4-6-15(16)18(19,20)21/h4-10,13H,1-3H3,(H,22,23)/t13-/m0/s1. The molecule has 0 aliphatic carbocycles. The van der Waals surface area contributed by atoms with Crippen molar-refractivity contribution in [2.24, 2.45) is 0 Å². The molecule has 24 heavy (non-hydrogen) atoms. The number of hydrogen-bond donors (Lipinski definition) is 1. The number of rotatable bonds is 4. The molecule has 0 bridgehead atoms. The largest absolute Gasteiger partial charge is 0.481 e. The first-order valence-electron chi connectivity index (χ1n) is 7.39. The van der Waals surface area contributed by atoms with E-state index >= 15 is 0 Å². The molecule has 3 nitrogen and oxygen atoms in total. The molecule has 0 aliphatic heterocycles. The minimum Gasteiger partial charge on any atom is -0.481 e. The van der Waals surface area contributed by atoms with Crippen LogP contribution in [0.3, 0.4) is 0 Å². The van der Waals surface area contributed by atoms with Crippen molar-refractivity contribution in [3.8, 4) is 5.75 Å². The molecule has 1 amide bonds. The van der Waals surface area contributed by atoms with Crippen molar-refractivity contribution in [2.45, 2.75) is 33.1 Å². The molecule has 1 atom stereocenters.